The average Bonchev–Trinajstić information content (AvgIpc) is 2.19. The number of halogens is 2. The molecule has 1 saturated heterocycles. The van der Waals surface area contributed by atoms with Crippen molar-refractivity contribution in [3.63, 3.8) is 0 Å². The molecule has 0 aromatic heterocycles. The van der Waals surface area contributed by atoms with E-state index in [1.807, 2.05) is 4.90 Å². The lowest BCUT2D eigenvalue weighted by molar-refractivity contribution is 0.0726. The Bertz CT molecular complexity index is 183. The molecule has 1 rings (SSSR count). The number of hydrogen-bond acceptors (Lipinski definition) is 3. The van der Waals surface area contributed by atoms with Gasteiger partial charge in [-0.25, -0.2) is 8.78 Å². The van der Waals surface area contributed by atoms with Crippen LogP contribution in [-0.2, 0) is 0 Å². The molecule has 0 aromatic rings. The van der Waals surface area contributed by atoms with Crippen molar-refractivity contribution in [2.45, 2.75) is 44.8 Å². The summed E-state index contributed by atoms with van der Waals surface area (Å²) in [6.45, 7) is 3.97. The highest BCUT2D eigenvalue weighted by Gasteiger charge is 2.20. The van der Waals surface area contributed by atoms with Gasteiger partial charge in [0, 0.05) is 6.04 Å². The lowest BCUT2D eigenvalue weighted by atomic mass is 10.0. The Kier molecular flexibility index (Phi) is 6.16. The van der Waals surface area contributed by atoms with Crippen LogP contribution in [0.25, 0.3) is 0 Å². The summed E-state index contributed by atoms with van der Waals surface area (Å²) in [5.41, 5.74) is 0. The van der Waals surface area contributed by atoms with Gasteiger partial charge < -0.3 is 10.4 Å². The van der Waals surface area contributed by atoms with E-state index in [1.165, 1.54) is 0 Å². The molecule has 1 aliphatic rings. The van der Waals surface area contributed by atoms with Crippen LogP contribution >= 0.6 is 0 Å². The summed E-state index contributed by atoms with van der Waals surface area (Å²) >= 11 is 0. The van der Waals surface area contributed by atoms with E-state index in [-0.39, 0.29) is 12.6 Å². The minimum Gasteiger partial charge on any atom is -0.393 e. The third-order valence-electron chi connectivity index (χ3n) is 2.98. The zero-order valence-electron chi connectivity index (χ0n) is 9.83. The molecule has 96 valence electrons. The van der Waals surface area contributed by atoms with Gasteiger partial charge in [-0.3, -0.25) is 4.90 Å². The summed E-state index contributed by atoms with van der Waals surface area (Å²) in [4.78, 5) is 1.82. The van der Waals surface area contributed by atoms with Crippen LogP contribution in [0.2, 0.25) is 0 Å². The van der Waals surface area contributed by atoms with Crippen LogP contribution in [0, 0.1) is 0 Å². The molecule has 1 aliphatic heterocycles. The molecule has 0 bridgehead atoms. The zero-order chi connectivity index (χ0) is 12.0. The molecule has 0 aromatic carbocycles. The molecular formula is C11H22F2N2O. The third-order valence-corrected chi connectivity index (χ3v) is 2.98. The lowest BCUT2D eigenvalue weighted by Crippen LogP contribution is -2.44. The number of rotatable bonds is 6. The molecule has 5 heteroatoms. The predicted molar refractivity (Wildman–Crippen MR) is 59.8 cm³/mol. The van der Waals surface area contributed by atoms with Crippen LogP contribution < -0.4 is 5.32 Å². The smallest absolute Gasteiger partial charge is 0.251 e. The number of hydrogen-bond donors (Lipinski definition) is 2. The first kappa shape index (κ1) is 13.8. The van der Waals surface area contributed by atoms with Crippen molar-refractivity contribution in [3.8, 4) is 0 Å². The predicted octanol–water partition coefficient (Wildman–Crippen LogP) is 1.08. The molecule has 0 aliphatic carbocycles. The Labute approximate surface area is 95.8 Å². The van der Waals surface area contributed by atoms with Crippen molar-refractivity contribution in [2.75, 3.05) is 26.2 Å². The van der Waals surface area contributed by atoms with Crippen molar-refractivity contribution < 1.29 is 13.9 Å². The van der Waals surface area contributed by atoms with E-state index in [2.05, 4.69) is 5.32 Å². The number of nitrogens with zero attached hydrogens (tertiary/aromatic N) is 1. The topological polar surface area (TPSA) is 35.5 Å². The second kappa shape index (κ2) is 7.14. The standard InChI is InChI=1S/C11H22F2N2O/c1-9(16)2-5-14-10-3-6-15(7-4-10)8-11(12)13/h9-11,14,16H,2-8H2,1H3. The van der Waals surface area contributed by atoms with Crippen molar-refractivity contribution in [1.82, 2.24) is 10.2 Å². The second-order valence-electron chi connectivity index (χ2n) is 4.56. The van der Waals surface area contributed by atoms with E-state index in [0.717, 1.165) is 38.9 Å². The number of alkyl halides is 2. The van der Waals surface area contributed by atoms with Crippen LogP contribution in [0.1, 0.15) is 26.2 Å². The fourth-order valence-electron chi connectivity index (χ4n) is 2.01. The van der Waals surface area contributed by atoms with Gasteiger partial charge >= 0.3 is 0 Å². The molecule has 1 heterocycles. The van der Waals surface area contributed by atoms with E-state index < -0.39 is 6.43 Å². The average molecular weight is 236 g/mol. The minimum absolute atomic E-state index is 0.0968. The van der Waals surface area contributed by atoms with Gasteiger partial charge in [-0.15, -0.1) is 0 Å². The number of aliphatic hydroxyl groups is 1. The van der Waals surface area contributed by atoms with E-state index in [4.69, 9.17) is 5.11 Å². The molecule has 1 fully saturated rings. The second-order valence-corrected chi connectivity index (χ2v) is 4.56. The SMILES string of the molecule is CC(O)CCNC1CCN(CC(F)F)CC1. The Morgan fingerprint density at radius 2 is 2.00 bits per heavy atom. The first-order valence-electron chi connectivity index (χ1n) is 6.00. The molecule has 0 amide bonds. The number of nitrogens with one attached hydrogen (secondary N) is 1. The van der Waals surface area contributed by atoms with Gasteiger partial charge in [0.25, 0.3) is 6.43 Å². The summed E-state index contributed by atoms with van der Waals surface area (Å²) in [5.74, 6) is 0. The monoisotopic (exact) mass is 236 g/mol. The maximum Gasteiger partial charge on any atom is 0.251 e. The first-order chi connectivity index (χ1) is 7.58. The van der Waals surface area contributed by atoms with Crippen molar-refractivity contribution in [1.29, 1.82) is 0 Å². The maximum absolute atomic E-state index is 12.1. The van der Waals surface area contributed by atoms with E-state index in [0.29, 0.717) is 6.04 Å². The van der Waals surface area contributed by atoms with Gasteiger partial charge in [-0.05, 0) is 45.8 Å². The Hall–Kier alpha value is -0.260. The van der Waals surface area contributed by atoms with Gasteiger partial charge in [0.1, 0.15) is 0 Å². The van der Waals surface area contributed by atoms with Crippen molar-refractivity contribution in [2.24, 2.45) is 0 Å². The van der Waals surface area contributed by atoms with Crippen LogP contribution in [0.3, 0.4) is 0 Å². The molecule has 0 spiro atoms. The van der Waals surface area contributed by atoms with Gasteiger partial charge in [0.2, 0.25) is 0 Å². The number of likely N-dealkylation sites (tertiary alicyclic amines) is 1. The molecule has 0 saturated carbocycles. The molecule has 3 nitrogen and oxygen atoms in total. The van der Waals surface area contributed by atoms with Crippen molar-refractivity contribution >= 4 is 0 Å². The van der Waals surface area contributed by atoms with Gasteiger partial charge in [0.15, 0.2) is 0 Å². The summed E-state index contributed by atoms with van der Waals surface area (Å²) in [7, 11) is 0. The molecule has 16 heavy (non-hydrogen) atoms. The lowest BCUT2D eigenvalue weighted by Gasteiger charge is -2.32. The summed E-state index contributed by atoms with van der Waals surface area (Å²) in [6, 6.07) is 0.424. The van der Waals surface area contributed by atoms with E-state index in [1.54, 1.807) is 6.92 Å². The Balaban J connectivity index is 2.07. The normalized spacial score (nSPS) is 21.6. The first-order valence-corrected chi connectivity index (χ1v) is 6.00. The summed E-state index contributed by atoms with van der Waals surface area (Å²) in [5, 5.41) is 12.4. The Morgan fingerprint density at radius 1 is 1.38 bits per heavy atom. The number of aliphatic hydroxyl groups excluding tert-OH is 1. The van der Waals surface area contributed by atoms with Gasteiger partial charge in [-0.2, -0.15) is 0 Å². The third kappa shape index (κ3) is 5.72. The molecule has 0 radical (unpaired) electrons. The molecule has 2 N–H and O–H groups in total. The fourth-order valence-corrected chi connectivity index (χ4v) is 2.01. The highest BCUT2D eigenvalue weighted by molar-refractivity contribution is 4.77. The summed E-state index contributed by atoms with van der Waals surface area (Å²) < 4.78 is 24.2. The van der Waals surface area contributed by atoms with Crippen LogP contribution in [-0.4, -0.2) is 54.8 Å². The van der Waals surface area contributed by atoms with Crippen LogP contribution in [0.15, 0.2) is 0 Å². The van der Waals surface area contributed by atoms with Crippen LogP contribution in [0.5, 0.6) is 0 Å². The molecular weight excluding hydrogens is 214 g/mol. The largest absolute Gasteiger partial charge is 0.393 e. The summed E-state index contributed by atoms with van der Waals surface area (Å²) in [6.07, 6.45) is 0.0993. The fraction of sp³-hybridized carbons (Fsp3) is 1.00. The van der Waals surface area contributed by atoms with Gasteiger partial charge in [0.05, 0.1) is 12.6 Å². The zero-order valence-corrected chi connectivity index (χ0v) is 9.83. The molecule has 1 atom stereocenters. The quantitative estimate of drug-likeness (QED) is 0.724. The van der Waals surface area contributed by atoms with E-state index >= 15 is 0 Å². The Morgan fingerprint density at radius 3 is 2.50 bits per heavy atom. The van der Waals surface area contributed by atoms with Crippen LogP contribution in [0.4, 0.5) is 8.78 Å². The minimum atomic E-state index is -2.22. The maximum atomic E-state index is 12.1. The van der Waals surface area contributed by atoms with E-state index in [9.17, 15) is 8.78 Å². The number of piperidine rings is 1. The molecule has 1 unspecified atom stereocenters. The highest BCUT2D eigenvalue weighted by Crippen LogP contribution is 2.11. The van der Waals surface area contributed by atoms with Gasteiger partial charge in [-0.1, -0.05) is 0 Å². The highest BCUT2D eigenvalue weighted by atomic mass is 19.3. The van der Waals surface area contributed by atoms with Crippen molar-refractivity contribution in [3.05, 3.63) is 0 Å².